The van der Waals surface area contributed by atoms with Crippen LogP contribution in [0.25, 0.3) is 0 Å². The standard InChI is InChI=1S/C10H12N6O2S/c1-3-5-6(11)12-4-13-9(5)19-10-14-7(17)8(18)15-16(10)2/h4H,3H2,1-2H3,(H,15,18)(H2,11,12,13). The van der Waals surface area contributed by atoms with Crippen molar-refractivity contribution in [2.45, 2.75) is 23.5 Å². The van der Waals surface area contributed by atoms with Crippen LogP contribution >= 0.6 is 11.8 Å². The lowest BCUT2D eigenvalue weighted by Gasteiger charge is -2.09. The Labute approximate surface area is 112 Å². The summed E-state index contributed by atoms with van der Waals surface area (Å²) in [6.45, 7) is 1.93. The fraction of sp³-hybridized carbons (Fsp3) is 0.300. The van der Waals surface area contributed by atoms with E-state index in [-0.39, 0.29) is 0 Å². The second-order valence-electron chi connectivity index (χ2n) is 3.70. The number of aromatic amines is 1. The van der Waals surface area contributed by atoms with E-state index in [2.05, 4.69) is 20.1 Å². The third kappa shape index (κ3) is 2.65. The van der Waals surface area contributed by atoms with E-state index in [1.807, 2.05) is 6.92 Å². The van der Waals surface area contributed by atoms with E-state index >= 15 is 0 Å². The van der Waals surface area contributed by atoms with Gasteiger partial charge in [0.15, 0.2) is 5.16 Å². The van der Waals surface area contributed by atoms with Crippen LogP contribution in [-0.4, -0.2) is 24.7 Å². The van der Waals surface area contributed by atoms with E-state index in [0.29, 0.717) is 22.4 Å². The molecule has 0 saturated heterocycles. The average Bonchev–Trinajstić information content (AvgIpc) is 2.36. The van der Waals surface area contributed by atoms with Gasteiger partial charge < -0.3 is 5.73 Å². The zero-order chi connectivity index (χ0) is 14.0. The third-order valence-corrected chi connectivity index (χ3v) is 3.52. The smallest absolute Gasteiger partial charge is 0.339 e. The fourth-order valence-corrected chi connectivity index (χ4v) is 2.42. The molecule has 0 saturated carbocycles. The number of anilines is 1. The van der Waals surface area contributed by atoms with Crippen LogP contribution in [0.5, 0.6) is 0 Å². The van der Waals surface area contributed by atoms with Gasteiger partial charge in [0, 0.05) is 12.6 Å². The molecule has 0 amide bonds. The zero-order valence-electron chi connectivity index (χ0n) is 10.4. The molecule has 8 nitrogen and oxygen atoms in total. The molecule has 0 fully saturated rings. The molecule has 9 heteroatoms. The molecular weight excluding hydrogens is 268 g/mol. The highest BCUT2D eigenvalue weighted by atomic mass is 32.2. The van der Waals surface area contributed by atoms with Crippen LogP contribution in [0.3, 0.4) is 0 Å². The normalized spacial score (nSPS) is 10.6. The number of hydrogen-bond acceptors (Lipinski definition) is 7. The first kappa shape index (κ1) is 13.3. The average molecular weight is 280 g/mol. The molecule has 0 aromatic carbocycles. The molecule has 19 heavy (non-hydrogen) atoms. The molecule has 0 atom stereocenters. The molecule has 0 aliphatic rings. The van der Waals surface area contributed by atoms with Crippen molar-refractivity contribution in [1.29, 1.82) is 0 Å². The molecule has 0 spiro atoms. The minimum Gasteiger partial charge on any atom is -0.383 e. The van der Waals surface area contributed by atoms with Gasteiger partial charge in [-0.25, -0.2) is 9.97 Å². The van der Waals surface area contributed by atoms with E-state index in [4.69, 9.17) is 5.73 Å². The molecule has 0 aliphatic heterocycles. The topological polar surface area (TPSA) is 120 Å². The van der Waals surface area contributed by atoms with E-state index in [9.17, 15) is 9.59 Å². The summed E-state index contributed by atoms with van der Waals surface area (Å²) in [4.78, 5) is 34.1. The van der Waals surface area contributed by atoms with Crippen LogP contribution in [0.1, 0.15) is 12.5 Å². The second-order valence-corrected chi connectivity index (χ2v) is 4.65. The minimum atomic E-state index is -0.833. The van der Waals surface area contributed by atoms with Crippen molar-refractivity contribution < 1.29 is 0 Å². The quantitative estimate of drug-likeness (QED) is 0.577. The van der Waals surface area contributed by atoms with Crippen molar-refractivity contribution in [1.82, 2.24) is 24.7 Å². The lowest BCUT2D eigenvalue weighted by Crippen LogP contribution is -2.33. The number of hydrogen-bond donors (Lipinski definition) is 2. The van der Waals surface area contributed by atoms with Crippen LogP contribution < -0.4 is 16.9 Å². The molecule has 0 radical (unpaired) electrons. The Morgan fingerprint density at radius 3 is 2.84 bits per heavy atom. The van der Waals surface area contributed by atoms with Crippen LogP contribution in [0, 0.1) is 0 Å². The number of nitrogen functional groups attached to an aromatic ring is 1. The van der Waals surface area contributed by atoms with Gasteiger partial charge in [0.25, 0.3) is 0 Å². The zero-order valence-corrected chi connectivity index (χ0v) is 11.2. The van der Waals surface area contributed by atoms with Gasteiger partial charge in [0.2, 0.25) is 0 Å². The minimum absolute atomic E-state index is 0.331. The lowest BCUT2D eigenvalue weighted by molar-refractivity contribution is 0.596. The summed E-state index contributed by atoms with van der Waals surface area (Å²) in [6.07, 6.45) is 2.01. The summed E-state index contributed by atoms with van der Waals surface area (Å²) in [5, 5.41) is 3.32. The number of nitrogens with zero attached hydrogens (tertiary/aromatic N) is 4. The molecule has 2 heterocycles. The number of nitrogens with one attached hydrogen (secondary N) is 1. The van der Waals surface area contributed by atoms with Gasteiger partial charge in [-0.05, 0) is 18.2 Å². The number of nitrogens with two attached hydrogens (primary N) is 1. The van der Waals surface area contributed by atoms with Gasteiger partial charge in [-0.2, -0.15) is 4.98 Å². The van der Waals surface area contributed by atoms with Gasteiger partial charge in [-0.1, -0.05) is 6.92 Å². The van der Waals surface area contributed by atoms with Gasteiger partial charge in [0.1, 0.15) is 17.2 Å². The second kappa shape index (κ2) is 5.22. The molecule has 100 valence electrons. The molecule has 0 aliphatic carbocycles. The summed E-state index contributed by atoms with van der Waals surface area (Å²) in [5.41, 5.74) is 4.96. The van der Waals surface area contributed by atoms with Gasteiger partial charge in [0.05, 0.1) is 0 Å². The third-order valence-electron chi connectivity index (χ3n) is 2.43. The molecular formula is C10H12N6O2S. The van der Waals surface area contributed by atoms with Crippen LogP contribution in [0.4, 0.5) is 5.82 Å². The largest absolute Gasteiger partial charge is 0.383 e. The maximum atomic E-state index is 11.3. The maximum Gasteiger partial charge on any atom is 0.339 e. The highest BCUT2D eigenvalue weighted by molar-refractivity contribution is 7.99. The maximum absolute atomic E-state index is 11.3. The number of aromatic nitrogens is 5. The molecule has 0 unspecified atom stereocenters. The van der Waals surface area contributed by atoms with Crippen molar-refractivity contribution in [3.63, 3.8) is 0 Å². The van der Waals surface area contributed by atoms with Crippen molar-refractivity contribution in [2.24, 2.45) is 7.05 Å². The van der Waals surface area contributed by atoms with Crippen molar-refractivity contribution >= 4 is 17.6 Å². The Bertz CT molecular complexity index is 723. The molecule has 0 bridgehead atoms. The summed E-state index contributed by atoms with van der Waals surface area (Å²) in [7, 11) is 1.59. The van der Waals surface area contributed by atoms with E-state index < -0.39 is 11.1 Å². The Morgan fingerprint density at radius 1 is 1.42 bits per heavy atom. The predicted molar refractivity (Wildman–Crippen MR) is 70.0 cm³/mol. The Balaban J connectivity index is 2.48. The number of rotatable bonds is 3. The van der Waals surface area contributed by atoms with Crippen LogP contribution in [-0.2, 0) is 13.5 Å². The highest BCUT2D eigenvalue weighted by Crippen LogP contribution is 2.27. The molecule has 2 aromatic heterocycles. The first-order chi connectivity index (χ1) is 9.02. The summed E-state index contributed by atoms with van der Waals surface area (Å²) < 4.78 is 1.37. The molecule has 2 aromatic rings. The van der Waals surface area contributed by atoms with Crippen molar-refractivity contribution in [2.75, 3.05) is 5.73 Å². The Morgan fingerprint density at radius 2 is 2.16 bits per heavy atom. The van der Waals surface area contributed by atoms with E-state index in [1.54, 1.807) is 7.05 Å². The Hall–Kier alpha value is -2.16. The van der Waals surface area contributed by atoms with Gasteiger partial charge >= 0.3 is 11.1 Å². The Kier molecular flexibility index (Phi) is 3.65. The number of H-pyrrole nitrogens is 1. The fourth-order valence-electron chi connectivity index (χ4n) is 1.47. The highest BCUT2D eigenvalue weighted by Gasteiger charge is 2.12. The van der Waals surface area contributed by atoms with Crippen LogP contribution in [0.15, 0.2) is 26.1 Å². The number of aryl methyl sites for hydroxylation is 1. The van der Waals surface area contributed by atoms with Gasteiger partial charge in [-0.15, -0.1) is 0 Å². The van der Waals surface area contributed by atoms with E-state index in [0.717, 1.165) is 17.3 Å². The molecule has 3 N–H and O–H groups in total. The first-order valence-corrected chi connectivity index (χ1v) is 6.29. The van der Waals surface area contributed by atoms with E-state index in [1.165, 1.54) is 11.0 Å². The summed E-state index contributed by atoms with van der Waals surface area (Å²) >= 11 is 1.15. The summed E-state index contributed by atoms with van der Waals surface area (Å²) in [6, 6.07) is 0. The van der Waals surface area contributed by atoms with Crippen LogP contribution in [0.2, 0.25) is 0 Å². The monoisotopic (exact) mass is 280 g/mol. The van der Waals surface area contributed by atoms with Crippen molar-refractivity contribution in [3.8, 4) is 0 Å². The SMILES string of the molecule is CCc1c(N)ncnc1Sc1nc(=O)c(=O)[nH]n1C. The molecule has 2 rings (SSSR count). The predicted octanol–water partition coefficient (Wildman–Crippen LogP) is -0.446. The summed E-state index contributed by atoms with van der Waals surface area (Å²) in [5.74, 6) is 0.398. The lowest BCUT2D eigenvalue weighted by atomic mass is 10.2. The van der Waals surface area contributed by atoms with Crippen molar-refractivity contribution in [3.05, 3.63) is 32.6 Å². The van der Waals surface area contributed by atoms with Gasteiger partial charge in [-0.3, -0.25) is 19.4 Å². The first-order valence-electron chi connectivity index (χ1n) is 5.47.